The van der Waals surface area contributed by atoms with E-state index in [4.69, 9.17) is 23.8 Å². The Bertz CT molecular complexity index is 774. The normalized spacial score (nSPS) is 15.4. The average molecular weight is 390 g/mol. The molecule has 0 amide bonds. The highest BCUT2D eigenvalue weighted by molar-refractivity contribution is 7.80. The first-order chi connectivity index (χ1) is 12.6. The van der Waals surface area contributed by atoms with Crippen LogP contribution < -0.4 is 5.32 Å². The Morgan fingerprint density at radius 3 is 2.54 bits per heavy atom. The number of nitrogens with one attached hydrogen (secondary N) is 1. The van der Waals surface area contributed by atoms with Crippen molar-refractivity contribution in [2.45, 2.75) is 0 Å². The van der Waals surface area contributed by atoms with Crippen molar-refractivity contribution in [1.82, 2.24) is 9.80 Å². The summed E-state index contributed by atoms with van der Waals surface area (Å²) in [5, 5.41) is 3.87. The fourth-order valence-electron chi connectivity index (χ4n) is 2.81. The first kappa shape index (κ1) is 18.8. The number of anilines is 1. The van der Waals surface area contributed by atoms with Crippen LogP contribution in [0.4, 0.5) is 10.1 Å². The highest BCUT2D eigenvalue weighted by Gasteiger charge is 2.18. The third-order valence-corrected chi connectivity index (χ3v) is 4.95. The van der Waals surface area contributed by atoms with Gasteiger partial charge in [0.05, 0.1) is 5.02 Å². The SMILES string of the molecule is Fc1ccc(NC(=S)N2CCN(C/C=C/c3ccccc3)CC2)cc1Cl. The number of piperazine rings is 1. The topological polar surface area (TPSA) is 18.5 Å². The van der Waals surface area contributed by atoms with Crippen molar-refractivity contribution in [2.24, 2.45) is 0 Å². The second-order valence-corrected chi connectivity index (χ2v) is 6.95. The van der Waals surface area contributed by atoms with Crippen LogP contribution in [0, 0.1) is 5.82 Å². The third-order valence-electron chi connectivity index (χ3n) is 4.30. The zero-order valence-corrected chi connectivity index (χ0v) is 15.9. The van der Waals surface area contributed by atoms with Gasteiger partial charge in [-0.2, -0.15) is 0 Å². The molecular formula is C20H21ClFN3S. The van der Waals surface area contributed by atoms with E-state index < -0.39 is 5.82 Å². The number of nitrogens with zero attached hydrogens (tertiary/aromatic N) is 2. The molecule has 0 atom stereocenters. The molecule has 2 aromatic carbocycles. The molecule has 1 heterocycles. The van der Waals surface area contributed by atoms with Crippen molar-refractivity contribution in [1.29, 1.82) is 0 Å². The van der Waals surface area contributed by atoms with Crippen molar-refractivity contribution >= 4 is 40.7 Å². The maximum Gasteiger partial charge on any atom is 0.173 e. The van der Waals surface area contributed by atoms with Crippen LogP contribution in [-0.4, -0.2) is 47.6 Å². The average Bonchev–Trinajstić information content (AvgIpc) is 2.66. The summed E-state index contributed by atoms with van der Waals surface area (Å²) in [4.78, 5) is 4.53. The Morgan fingerprint density at radius 2 is 1.85 bits per heavy atom. The smallest absolute Gasteiger partial charge is 0.173 e. The van der Waals surface area contributed by atoms with E-state index in [1.165, 1.54) is 11.6 Å². The minimum absolute atomic E-state index is 0.0906. The summed E-state index contributed by atoms with van der Waals surface area (Å²) in [5.74, 6) is -0.430. The summed E-state index contributed by atoms with van der Waals surface area (Å²) < 4.78 is 13.2. The van der Waals surface area contributed by atoms with Gasteiger partial charge in [0, 0.05) is 38.4 Å². The van der Waals surface area contributed by atoms with Gasteiger partial charge in [0.1, 0.15) is 5.82 Å². The summed E-state index contributed by atoms with van der Waals surface area (Å²) in [7, 11) is 0. The largest absolute Gasteiger partial charge is 0.346 e. The van der Waals surface area contributed by atoms with Gasteiger partial charge in [-0.05, 0) is 36.0 Å². The lowest BCUT2D eigenvalue weighted by Gasteiger charge is -2.35. The highest BCUT2D eigenvalue weighted by Crippen LogP contribution is 2.20. The molecule has 0 radical (unpaired) electrons. The van der Waals surface area contributed by atoms with Crippen LogP contribution in [-0.2, 0) is 0 Å². The molecule has 0 spiro atoms. The minimum Gasteiger partial charge on any atom is -0.346 e. The molecule has 0 aromatic heterocycles. The second-order valence-electron chi connectivity index (χ2n) is 6.16. The Labute approximate surface area is 164 Å². The van der Waals surface area contributed by atoms with E-state index >= 15 is 0 Å². The summed E-state index contributed by atoms with van der Waals surface area (Å²) in [6.07, 6.45) is 4.35. The lowest BCUT2D eigenvalue weighted by molar-refractivity contribution is 0.200. The maximum absolute atomic E-state index is 13.2. The molecule has 1 aliphatic heterocycles. The predicted octanol–water partition coefficient (Wildman–Crippen LogP) is 4.51. The van der Waals surface area contributed by atoms with E-state index in [2.05, 4.69) is 39.4 Å². The molecular weight excluding hydrogens is 369 g/mol. The van der Waals surface area contributed by atoms with Gasteiger partial charge in [0.15, 0.2) is 5.11 Å². The molecule has 6 heteroatoms. The molecule has 136 valence electrons. The van der Waals surface area contributed by atoms with E-state index in [1.807, 2.05) is 18.2 Å². The molecule has 0 bridgehead atoms. The van der Waals surface area contributed by atoms with Crippen LogP contribution in [0.1, 0.15) is 5.56 Å². The molecule has 1 aliphatic rings. The van der Waals surface area contributed by atoms with Crippen LogP contribution in [0.15, 0.2) is 54.6 Å². The Morgan fingerprint density at radius 1 is 1.12 bits per heavy atom. The number of halogens is 2. The van der Waals surface area contributed by atoms with Gasteiger partial charge in [-0.3, -0.25) is 4.90 Å². The molecule has 0 saturated carbocycles. The van der Waals surface area contributed by atoms with E-state index in [0.717, 1.165) is 32.7 Å². The first-order valence-corrected chi connectivity index (χ1v) is 9.35. The third kappa shape index (κ3) is 5.27. The molecule has 0 aliphatic carbocycles. The van der Waals surface area contributed by atoms with Crippen molar-refractivity contribution in [3.05, 3.63) is 71.0 Å². The molecule has 3 nitrogen and oxygen atoms in total. The molecule has 1 saturated heterocycles. The van der Waals surface area contributed by atoms with Gasteiger partial charge in [-0.15, -0.1) is 0 Å². The first-order valence-electron chi connectivity index (χ1n) is 8.57. The van der Waals surface area contributed by atoms with Gasteiger partial charge in [0.2, 0.25) is 0 Å². The molecule has 2 aromatic rings. The zero-order valence-electron chi connectivity index (χ0n) is 14.4. The van der Waals surface area contributed by atoms with Crippen LogP contribution in [0.3, 0.4) is 0 Å². The van der Waals surface area contributed by atoms with Gasteiger partial charge in [-0.25, -0.2) is 4.39 Å². The number of rotatable bonds is 4. The second kappa shape index (κ2) is 9.12. The summed E-state index contributed by atoms with van der Waals surface area (Å²) in [5.41, 5.74) is 1.92. The van der Waals surface area contributed by atoms with E-state index in [1.54, 1.807) is 12.1 Å². The number of hydrogen-bond donors (Lipinski definition) is 1. The predicted molar refractivity (Wildman–Crippen MR) is 111 cm³/mol. The summed E-state index contributed by atoms with van der Waals surface area (Å²) in [6, 6.07) is 14.8. The maximum atomic E-state index is 13.2. The van der Waals surface area contributed by atoms with Crippen LogP contribution in [0.2, 0.25) is 5.02 Å². The van der Waals surface area contributed by atoms with Crippen LogP contribution >= 0.6 is 23.8 Å². The monoisotopic (exact) mass is 389 g/mol. The zero-order chi connectivity index (χ0) is 18.4. The number of thiocarbonyl (C=S) groups is 1. The van der Waals surface area contributed by atoms with Crippen molar-refractivity contribution in [2.75, 3.05) is 38.0 Å². The summed E-state index contributed by atoms with van der Waals surface area (Å²) in [6.45, 7) is 4.55. The van der Waals surface area contributed by atoms with E-state index in [0.29, 0.717) is 10.8 Å². The minimum atomic E-state index is -0.430. The Balaban J connectivity index is 1.44. The quantitative estimate of drug-likeness (QED) is 0.775. The van der Waals surface area contributed by atoms with Gasteiger partial charge in [-0.1, -0.05) is 54.1 Å². The fraction of sp³-hybridized carbons (Fsp3) is 0.250. The highest BCUT2D eigenvalue weighted by atomic mass is 35.5. The Hall–Kier alpha value is -1.95. The Kier molecular flexibility index (Phi) is 6.61. The van der Waals surface area contributed by atoms with Gasteiger partial charge >= 0.3 is 0 Å². The van der Waals surface area contributed by atoms with Crippen molar-refractivity contribution < 1.29 is 4.39 Å². The van der Waals surface area contributed by atoms with E-state index in [9.17, 15) is 4.39 Å². The lowest BCUT2D eigenvalue weighted by atomic mass is 10.2. The van der Waals surface area contributed by atoms with Gasteiger partial charge < -0.3 is 10.2 Å². The standard InChI is InChI=1S/C20H21ClFN3S/c21-18-15-17(8-9-19(18)22)23-20(26)25-13-11-24(12-14-25)10-4-7-16-5-2-1-3-6-16/h1-9,15H,10-14H2,(H,23,26)/b7-4+. The number of hydrogen-bond acceptors (Lipinski definition) is 2. The van der Waals surface area contributed by atoms with E-state index in [-0.39, 0.29) is 5.02 Å². The molecule has 1 fully saturated rings. The molecule has 26 heavy (non-hydrogen) atoms. The molecule has 1 N–H and O–H groups in total. The summed E-state index contributed by atoms with van der Waals surface area (Å²) >= 11 is 11.3. The van der Waals surface area contributed by atoms with Crippen molar-refractivity contribution in [3.8, 4) is 0 Å². The molecule has 0 unspecified atom stereocenters. The lowest BCUT2D eigenvalue weighted by Crippen LogP contribution is -2.49. The van der Waals surface area contributed by atoms with Crippen molar-refractivity contribution in [3.63, 3.8) is 0 Å². The van der Waals surface area contributed by atoms with Gasteiger partial charge in [0.25, 0.3) is 0 Å². The fourth-order valence-corrected chi connectivity index (χ4v) is 3.29. The number of benzene rings is 2. The van der Waals surface area contributed by atoms with Crippen LogP contribution in [0.5, 0.6) is 0 Å². The molecule has 3 rings (SSSR count). The van der Waals surface area contributed by atoms with Crippen LogP contribution in [0.25, 0.3) is 6.08 Å².